The maximum absolute atomic E-state index is 12.4. The molecule has 22 heavy (non-hydrogen) atoms. The Bertz CT molecular complexity index is 780. The van der Waals surface area contributed by atoms with Gasteiger partial charge in [0, 0.05) is 17.3 Å². The largest absolute Gasteiger partial charge is 0.481 e. The van der Waals surface area contributed by atoms with Crippen LogP contribution in [0.4, 0.5) is 0 Å². The summed E-state index contributed by atoms with van der Waals surface area (Å²) in [5.74, 6) is -1.38. The third-order valence-electron chi connectivity index (χ3n) is 3.33. The minimum Gasteiger partial charge on any atom is -0.481 e. The van der Waals surface area contributed by atoms with Crippen LogP contribution < -0.4 is 10.9 Å². The number of aliphatic carboxylic acids is 1. The Morgan fingerprint density at radius 1 is 1.27 bits per heavy atom. The molecule has 0 bridgehead atoms. The standard InChI is InChI=1S/C15H17N3O4/c1-15(2,8-7-11(19)20)16-14(22)12-9-5-3-4-6-10(9)13(21)18-17-12/h3-6H,7-8H2,1-2H3,(H,16,22)(H,18,21)(H,19,20). The maximum atomic E-state index is 12.4. The number of benzene rings is 1. The predicted octanol–water partition coefficient (Wildman–Crippen LogP) is 1.30. The number of nitrogens with zero attached hydrogens (tertiary/aromatic N) is 1. The van der Waals surface area contributed by atoms with Gasteiger partial charge in [-0.05, 0) is 26.3 Å². The number of amides is 1. The Morgan fingerprint density at radius 3 is 2.55 bits per heavy atom. The highest BCUT2D eigenvalue weighted by atomic mass is 16.4. The molecule has 0 fully saturated rings. The molecule has 7 heteroatoms. The number of hydrogen-bond donors (Lipinski definition) is 3. The van der Waals surface area contributed by atoms with E-state index in [1.54, 1.807) is 38.1 Å². The van der Waals surface area contributed by atoms with E-state index in [4.69, 9.17) is 5.11 Å². The molecule has 7 nitrogen and oxygen atoms in total. The van der Waals surface area contributed by atoms with Crippen molar-refractivity contribution in [3.05, 3.63) is 40.3 Å². The summed E-state index contributed by atoms with van der Waals surface area (Å²) in [7, 11) is 0. The van der Waals surface area contributed by atoms with Crippen LogP contribution in [0.2, 0.25) is 0 Å². The Labute approximate surface area is 126 Å². The minimum atomic E-state index is -0.921. The number of H-pyrrole nitrogens is 1. The molecule has 0 aliphatic rings. The van der Waals surface area contributed by atoms with Crippen molar-refractivity contribution in [2.24, 2.45) is 0 Å². The molecule has 1 aromatic carbocycles. The number of aromatic nitrogens is 2. The van der Waals surface area contributed by atoms with Crippen molar-refractivity contribution in [3.8, 4) is 0 Å². The van der Waals surface area contributed by atoms with Gasteiger partial charge >= 0.3 is 5.97 Å². The molecule has 0 atom stereocenters. The van der Waals surface area contributed by atoms with Crippen LogP contribution in [0, 0.1) is 0 Å². The van der Waals surface area contributed by atoms with E-state index in [0.29, 0.717) is 10.8 Å². The first kappa shape index (κ1) is 15.7. The summed E-state index contributed by atoms with van der Waals surface area (Å²) in [5.41, 5.74) is -0.954. The number of hydrogen-bond acceptors (Lipinski definition) is 4. The van der Waals surface area contributed by atoms with Crippen LogP contribution in [-0.2, 0) is 4.79 Å². The lowest BCUT2D eigenvalue weighted by atomic mass is 9.98. The SMILES string of the molecule is CC(C)(CCC(=O)O)NC(=O)c1n[nH]c(=O)c2ccccc12. The first-order valence-corrected chi connectivity index (χ1v) is 6.82. The minimum absolute atomic E-state index is 0.0485. The molecule has 2 rings (SSSR count). The number of carbonyl (C=O) groups is 2. The van der Waals surface area contributed by atoms with Crippen molar-refractivity contribution in [3.63, 3.8) is 0 Å². The summed E-state index contributed by atoms with van der Waals surface area (Å²) in [6, 6.07) is 6.69. The van der Waals surface area contributed by atoms with Gasteiger partial charge in [0.25, 0.3) is 11.5 Å². The molecule has 1 heterocycles. The maximum Gasteiger partial charge on any atom is 0.303 e. The van der Waals surface area contributed by atoms with Gasteiger partial charge in [0.2, 0.25) is 0 Å². The predicted molar refractivity (Wildman–Crippen MR) is 80.8 cm³/mol. The smallest absolute Gasteiger partial charge is 0.303 e. The van der Waals surface area contributed by atoms with E-state index in [9.17, 15) is 14.4 Å². The molecule has 1 amide bonds. The van der Waals surface area contributed by atoms with Crippen LogP contribution >= 0.6 is 0 Å². The van der Waals surface area contributed by atoms with Gasteiger partial charge in [-0.3, -0.25) is 14.4 Å². The lowest BCUT2D eigenvalue weighted by Gasteiger charge is -2.25. The number of carbonyl (C=O) groups excluding carboxylic acids is 1. The molecule has 0 unspecified atom stereocenters. The second kappa shape index (κ2) is 5.97. The van der Waals surface area contributed by atoms with Crippen LogP contribution in [-0.4, -0.2) is 32.7 Å². The van der Waals surface area contributed by atoms with E-state index < -0.39 is 17.4 Å². The zero-order chi connectivity index (χ0) is 16.3. The van der Waals surface area contributed by atoms with Crippen LogP contribution in [0.5, 0.6) is 0 Å². The van der Waals surface area contributed by atoms with E-state index in [1.165, 1.54) is 0 Å². The molecule has 3 N–H and O–H groups in total. The highest BCUT2D eigenvalue weighted by molar-refractivity contribution is 6.04. The lowest BCUT2D eigenvalue weighted by Crippen LogP contribution is -2.44. The van der Waals surface area contributed by atoms with Crippen LogP contribution in [0.25, 0.3) is 10.8 Å². The molecule has 0 saturated heterocycles. The molecule has 116 valence electrons. The van der Waals surface area contributed by atoms with Gasteiger partial charge in [0.1, 0.15) is 0 Å². The molecule has 0 aliphatic carbocycles. The number of fused-ring (bicyclic) bond motifs is 1. The van der Waals surface area contributed by atoms with Crippen molar-refractivity contribution in [1.29, 1.82) is 0 Å². The molecular formula is C15H17N3O4. The van der Waals surface area contributed by atoms with Crippen molar-refractivity contribution in [2.75, 3.05) is 0 Å². The highest BCUT2D eigenvalue weighted by Gasteiger charge is 2.24. The van der Waals surface area contributed by atoms with Crippen LogP contribution in [0.3, 0.4) is 0 Å². The van der Waals surface area contributed by atoms with Gasteiger partial charge in [-0.15, -0.1) is 0 Å². The molecule has 1 aromatic heterocycles. The third-order valence-corrected chi connectivity index (χ3v) is 3.33. The molecule has 2 aromatic rings. The zero-order valence-corrected chi connectivity index (χ0v) is 12.3. The summed E-state index contributed by atoms with van der Waals surface area (Å²) in [6.07, 6.45) is 0.239. The van der Waals surface area contributed by atoms with Gasteiger partial charge in [0.05, 0.1) is 5.39 Å². The monoisotopic (exact) mass is 303 g/mol. The van der Waals surface area contributed by atoms with E-state index in [0.717, 1.165) is 0 Å². The summed E-state index contributed by atoms with van der Waals surface area (Å²) < 4.78 is 0. The van der Waals surface area contributed by atoms with E-state index in [-0.39, 0.29) is 24.1 Å². The quantitative estimate of drug-likeness (QED) is 0.770. The molecular weight excluding hydrogens is 286 g/mol. The summed E-state index contributed by atoms with van der Waals surface area (Å²) in [4.78, 5) is 34.7. The summed E-state index contributed by atoms with van der Waals surface area (Å²) in [5, 5.41) is 18.4. The van der Waals surface area contributed by atoms with Crippen LogP contribution in [0.1, 0.15) is 37.2 Å². The molecule has 0 saturated carbocycles. The lowest BCUT2D eigenvalue weighted by molar-refractivity contribution is -0.137. The fourth-order valence-corrected chi connectivity index (χ4v) is 2.14. The highest BCUT2D eigenvalue weighted by Crippen LogP contribution is 2.16. The van der Waals surface area contributed by atoms with E-state index in [2.05, 4.69) is 15.5 Å². The molecule has 0 aliphatic heterocycles. The first-order chi connectivity index (χ1) is 10.3. The number of nitrogens with one attached hydrogen (secondary N) is 2. The van der Waals surface area contributed by atoms with Crippen molar-refractivity contribution < 1.29 is 14.7 Å². The number of rotatable bonds is 5. The first-order valence-electron chi connectivity index (χ1n) is 6.82. The Morgan fingerprint density at radius 2 is 1.91 bits per heavy atom. The second-order valence-corrected chi connectivity index (χ2v) is 5.68. The average Bonchev–Trinajstić information content (AvgIpc) is 2.45. The molecule has 0 radical (unpaired) electrons. The van der Waals surface area contributed by atoms with Crippen molar-refractivity contribution in [2.45, 2.75) is 32.2 Å². The summed E-state index contributed by atoms with van der Waals surface area (Å²) in [6.45, 7) is 3.48. The van der Waals surface area contributed by atoms with Gasteiger partial charge in [0.15, 0.2) is 5.69 Å². The second-order valence-electron chi connectivity index (χ2n) is 5.68. The summed E-state index contributed by atoms with van der Waals surface area (Å²) >= 11 is 0. The molecule has 0 spiro atoms. The Kier molecular flexibility index (Phi) is 4.25. The van der Waals surface area contributed by atoms with Crippen molar-refractivity contribution in [1.82, 2.24) is 15.5 Å². The number of aromatic amines is 1. The van der Waals surface area contributed by atoms with Gasteiger partial charge in [-0.2, -0.15) is 5.10 Å². The Balaban J connectivity index is 2.29. The van der Waals surface area contributed by atoms with Gasteiger partial charge in [-0.1, -0.05) is 18.2 Å². The normalized spacial score (nSPS) is 11.4. The number of carboxylic acid groups (broad SMARTS) is 1. The van der Waals surface area contributed by atoms with Gasteiger partial charge < -0.3 is 10.4 Å². The van der Waals surface area contributed by atoms with Crippen molar-refractivity contribution >= 4 is 22.6 Å². The number of carboxylic acids is 1. The Hall–Kier alpha value is -2.70. The van der Waals surface area contributed by atoms with Crippen LogP contribution in [0.15, 0.2) is 29.1 Å². The van der Waals surface area contributed by atoms with E-state index >= 15 is 0 Å². The average molecular weight is 303 g/mol. The third kappa shape index (κ3) is 3.49. The topological polar surface area (TPSA) is 112 Å². The fraction of sp³-hybridized carbons (Fsp3) is 0.333. The fourth-order valence-electron chi connectivity index (χ4n) is 2.14. The van der Waals surface area contributed by atoms with E-state index in [1.807, 2.05) is 0 Å². The zero-order valence-electron chi connectivity index (χ0n) is 12.3. The van der Waals surface area contributed by atoms with Gasteiger partial charge in [-0.25, -0.2) is 5.10 Å².